The summed E-state index contributed by atoms with van der Waals surface area (Å²) in [5, 5.41) is 4.49. The number of amides is 2. The monoisotopic (exact) mass is 472 g/mol. The number of hydrogen-bond donors (Lipinski definition) is 1. The fraction of sp³-hybridized carbons (Fsp3) is 0.700. The Hall–Kier alpha value is -1.69. The second-order valence-electron chi connectivity index (χ2n) is 8.79. The molecule has 2 amide bonds. The number of thiophene rings is 1. The van der Waals surface area contributed by atoms with Gasteiger partial charge in [-0.25, -0.2) is 13.2 Å². The third kappa shape index (κ3) is 6.18. The molecule has 0 saturated carbocycles. The number of sulfonamides is 1. The first-order chi connectivity index (χ1) is 14.6. The predicted octanol–water partition coefficient (Wildman–Crippen LogP) is 1.82. The van der Waals surface area contributed by atoms with Crippen molar-refractivity contribution in [2.24, 2.45) is 0 Å². The molecule has 3 heterocycles. The smallest absolute Gasteiger partial charge is 0.410 e. The van der Waals surface area contributed by atoms with Gasteiger partial charge in [0.05, 0.1) is 0 Å². The van der Waals surface area contributed by atoms with Crippen molar-refractivity contribution in [2.45, 2.75) is 44.1 Å². The van der Waals surface area contributed by atoms with E-state index in [4.69, 9.17) is 4.74 Å². The van der Waals surface area contributed by atoms with Gasteiger partial charge in [0.2, 0.25) is 10.0 Å². The summed E-state index contributed by atoms with van der Waals surface area (Å²) in [6.45, 7) is 10.1. The first-order valence-corrected chi connectivity index (χ1v) is 13.0. The van der Waals surface area contributed by atoms with Gasteiger partial charge in [0.25, 0.3) is 5.91 Å². The van der Waals surface area contributed by atoms with Gasteiger partial charge in [-0.3, -0.25) is 9.69 Å². The number of carbonyl (C=O) groups excluding carboxylic acids is 2. The van der Waals surface area contributed by atoms with E-state index >= 15 is 0 Å². The van der Waals surface area contributed by atoms with Crippen LogP contribution >= 0.6 is 11.3 Å². The molecular weight excluding hydrogens is 440 g/mol. The van der Waals surface area contributed by atoms with Crippen molar-refractivity contribution in [1.82, 2.24) is 19.4 Å². The summed E-state index contributed by atoms with van der Waals surface area (Å²) in [6.07, 6.45) is 1.41. The highest BCUT2D eigenvalue weighted by Crippen LogP contribution is 2.27. The van der Waals surface area contributed by atoms with E-state index in [0.29, 0.717) is 52.4 Å². The summed E-state index contributed by atoms with van der Waals surface area (Å²) < 4.78 is 32.5. The molecule has 0 spiro atoms. The molecule has 174 valence electrons. The lowest BCUT2D eigenvalue weighted by atomic mass is 10.2. The van der Waals surface area contributed by atoms with Crippen molar-refractivity contribution >= 4 is 33.4 Å². The lowest BCUT2D eigenvalue weighted by Gasteiger charge is -2.35. The van der Waals surface area contributed by atoms with Crippen molar-refractivity contribution < 1.29 is 22.7 Å². The summed E-state index contributed by atoms with van der Waals surface area (Å²) in [5.74, 6) is -0.361. The van der Waals surface area contributed by atoms with Gasteiger partial charge in [0, 0.05) is 52.4 Å². The van der Waals surface area contributed by atoms with E-state index in [1.54, 1.807) is 10.3 Å². The zero-order valence-electron chi connectivity index (χ0n) is 18.4. The summed E-state index contributed by atoms with van der Waals surface area (Å²) in [4.78, 5) is 29.0. The van der Waals surface area contributed by atoms with Crippen LogP contribution < -0.4 is 5.32 Å². The van der Waals surface area contributed by atoms with Crippen molar-refractivity contribution in [3.63, 3.8) is 0 Å². The van der Waals surface area contributed by atoms with Gasteiger partial charge in [-0.15, -0.1) is 11.3 Å². The van der Waals surface area contributed by atoms with Crippen LogP contribution in [0.15, 0.2) is 16.3 Å². The molecule has 0 aliphatic carbocycles. The second kappa shape index (κ2) is 9.85. The van der Waals surface area contributed by atoms with Gasteiger partial charge < -0.3 is 15.0 Å². The Morgan fingerprint density at radius 2 is 1.74 bits per heavy atom. The van der Waals surface area contributed by atoms with Gasteiger partial charge in [-0.1, -0.05) is 0 Å². The van der Waals surface area contributed by atoms with E-state index in [0.717, 1.165) is 24.2 Å². The first-order valence-electron chi connectivity index (χ1n) is 10.6. The van der Waals surface area contributed by atoms with Crippen LogP contribution in [0.4, 0.5) is 4.79 Å². The largest absolute Gasteiger partial charge is 0.444 e. The Morgan fingerprint density at radius 1 is 1.10 bits per heavy atom. The molecule has 0 radical (unpaired) electrons. The topological polar surface area (TPSA) is 99.3 Å². The normalized spacial score (nSPS) is 18.9. The number of ether oxygens (including phenoxy) is 1. The average Bonchev–Trinajstić information content (AvgIpc) is 3.39. The third-order valence-electron chi connectivity index (χ3n) is 5.26. The van der Waals surface area contributed by atoms with E-state index in [9.17, 15) is 18.0 Å². The number of rotatable bonds is 6. The van der Waals surface area contributed by atoms with Gasteiger partial charge >= 0.3 is 6.09 Å². The van der Waals surface area contributed by atoms with Crippen LogP contribution in [0, 0.1) is 0 Å². The highest BCUT2D eigenvalue weighted by Gasteiger charge is 2.32. The number of hydrogen-bond acceptors (Lipinski definition) is 7. The molecule has 2 fully saturated rings. The summed E-state index contributed by atoms with van der Waals surface area (Å²) in [6, 6.07) is 1.52. The average molecular weight is 473 g/mol. The Balaban J connectivity index is 1.46. The molecule has 11 heteroatoms. The Kier molecular flexibility index (Phi) is 7.61. The zero-order chi connectivity index (χ0) is 22.6. The Morgan fingerprint density at radius 3 is 2.35 bits per heavy atom. The second-order valence-corrected chi connectivity index (χ2v) is 11.6. The highest BCUT2D eigenvalue weighted by molar-refractivity contribution is 7.89. The molecule has 2 aliphatic rings. The quantitative estimate of drug-likeness (QED) is 0.678. The molecule has 0 unspecified atom stereocenters. The standard InChI is InChI=1S/C20H32N4O5S2/c1-20(2,3)29-19(26)23-13-11-22(12-14-23)10-7-21-18(25)17-16(6-15-30-17)31(27,28)24-8-4-5-9-24/h6,15H,4-5,7-14H2,1-3H3,(H,21,25). The molecule has 0 atom stereocenters. The minimum Gasteiger partial charge on any atom is -0.444 e. The maximum atomic E-state index is 12.8. The van der Waals surface area contributed by atoms with Crippen LogP contribution in [-0.4, -0.2) is 92.5 Å². The number of nitrogens with one attached hydrogen (secondary N) is 1. The third-order valence-corrected chi connectivity index (χ3v) is 8.24. The Labute approximate surface area is 188 Å². The summed E-state index contributed by atoms with van der Waals surface area (Å²) >= 11 is 1.15. The SMILES string of the molecule is CC(C)(C)OC(=O)N1CCN(CCNC(=O)c2sccc2S(=O)(=O)N2CCCC2)CC1. The van der Waals surface area contributed by atoms with Crippen molar-refractivity contribution in [3.05, 3.63) is 16.3 Å². The molecule has 3 rings (SSSR count). The molecule has 1 aromatic heterocycles. The highest BCUT2D eigenvalue weighted by atomic mass is 32.2. The van der Waals surface area contributed by atoms with E-state index in [2.05, 4.69) is 10.2 Å². The van der Waals surface area contributed by atoms with Crippen LogP contribution in [0.3, 0.4) is 0 Å². The van der Waals surface area contributed by atoms with Gasteiger partial charge in [0.15, 0.2) is 0 Å². The van der Waals surface area contributed by atoms with E-state index < -0.39 is 15.6 Å². The molecule has 2 saturated heterocycles. The van der Waals surface area contributed by atoms with Crippen LogP contribution in [-0.2, 0) is 14.8 Å². The van der Waals surface area contributed by atoms with Gasteiger partial charge in [-0.05, 0) is 45.1 Å². The van der Waals surface area contributed by atoms with Crippen molar-refractivity contribution in [3.8, 4) is 0 Å². The number of piperazine rings is 1. The molecule has 31 heavy (non-hydrogen) atoms. The maximum Gasteiger partial charge on any atom is 0.410 e. The molecule has 2 aliphatic heterocycles. The van der Waals surface area contributed by atoms with E-state index in [-0.39, 0.29) is 21.8 Å². The maximum absolute atomic E-state index is 12.8. The van der Waals surface area contributed by atoms with Crippen LogP contribution in [0.25, 0.3) is 0 Å². The van der Waals surface area contributed by atoms with E-state index in [1.807, 2.05) is 20.8 Å². The summed E-state index contributed by atoms with van der Waals surface area (Å²) in [5.41, 5.74) is -0.512. The lowest BCUT2D eigenvalue weighted by Crippen LogP contribution is -2.51. The van der Waals surface area contributed by atoms with Crippen LogP contribution in [0.5, 0.6) is 0 Å². The first kappa shape index (κ1) is 24.0. The lowest BCUT2D eigenvalue weighted by molar-refractivity contribution is 0.0147. The summed E-state index contributed by atoms with van der Waals surface area (Å²) in [7, 11) is -3.62. The molecule has 1 N–H and O–H groups in total. The minimum absolute atomic E-state index is 0.0999. The molecule has 0 aromatic carbocycles. The predicted molar refractivity (Wildman–Crippen MR) is 119 cm³/mol. The van der Waals surface area contributed by atoms with Gasteiger partial charge in [0.1, 0.15) is 15.4 Å². The van der Waals surface area contributed by atoms with Crippen LogP contribution in [0.1, 0.15) is 43.3 Å². The van der Waals surface area contributed by atoms with Gasteiger partial charge in [-0.2, -0.15) is 4.31 Å². The molecule has 1 aromatic rings. The number of nitrogens with zero attached hydrogens (tertiary/aromatic N) is 3. The molecule has 9 nitrogen and oxygen atoms in total. The fourth-order valence-corrected chi connectivity index (χ4v) is 6.46. The van der Waals surface area contributed by atoms with Crippen molar-refractivity contribution in [2.75, 3.05) is 52.4 Å². The Bertz CT molecular complexity index is 880. The fourth-order valence-electron chi connectivity index (χ4n) is 3.62. The number of carbonyl (C=O) groups is 2. The van der Waals surface area contributed by atoms with Crippen molar-refractivity contribution in [1.29, 1.82) is 0 Å². The zero-order valence-corrected chi connectivity index (χ0v) is 20.1. The molecular formula is C20H32N4O5S2. The van der Waals surface area contributed by atoms with Crippen LogP contribution in [0.2, 0.25) is 0 Å². The molecule has 0 bridgehead atoms. The van der Waals surface area contributed by atoms with E-state index in [1.165, 1.54) is 10.4 Å². The minimum atomic E-state index is -3.62.